The summed E-state index contributed by atoms with van der Waals surface area (Å²) < 4.78 is 0. The zero-order valence-corrected chi connectivity index (χ0v) is 12.2. The molecule has 1 aliphatic heterocycles. The van der Waals surface area contributed by atoms with Crippen LogP contribution in [0.1, 0.15) is 51.9 Å². The Morgan fingerprint density at radius 1 is 1.21 bits per heavy atom. The maximum absolute atomic E-state index is 12.2. The number of hydrogen-bond donors (Lipinski definition) is 2. The molecule has 1 heterocycles. The lowest BCUT2D eigenvalue weighted by molar-refractivity contribution is -0.126. The van der Waals surface area contributed by atoms with Gasteiger partial charge in [0.2, 0.25) is 5.91 Å². The van der Waals surface area contributed by atoms with Crippen molar-refractivity contribution in [3.8, 4) is 0 Å². The van der Waals surface area contributed by atoms with Crippen molar-refractivity contribution in [3.63, 3.8) is 0 Å². The van der Waals surface area contributed by atoms with E-state index in [4.69, 9.17) is 5.73 Å². The Kier molecular flexibility index (Phi) is 5.64. The largest absolute Gasteiger partial charge is 0.354 e. The zero-order valence-electron chi connectivity index (χ0n) is 12.2. The second-order valence-electron chi connectivity index (χ2n) is 6.25. The number of piperidine rings is 1. The highest BCUT2D eigenvalue weighted by Gasteiger charge is 2.28. The van der Waals surface area contributed by atoms with Crippen LogP contribution in [0.15, 0.2) is 0 Å². The molecular weight excluding hydrogens is 238 g/mol. The van der Waals surface area contributed by atoms with E-state index >= 15 is 0 Å². The molecule has 0 aromatic heterocycles. The number of carbonyl (C=O) groups excluding carboxylic acids is 1. The van der Waals surface area contributed by atoms with E-state index in [1.54, 1.807) is 0 Å². The topological polar surface area (TPSA) is 58.4 Å². The second-order valence-corrected chi connectivity index (χ2v) is 6.25. The number of carbonyl (C=O) groups is 1. The Labute approximate surface area is 117 Å². The van der Waals surface area contributed by atoms with Gasteiger partial charge in [-0.3, -0.25) is 9.69 Å². The number of rotatable bonds is 4. The summed E-state index contributed by atoms with van der Waals surface area (Å²) in [6.45, 7) is 5.34. The summed E-state index contributed by atoms with van der Waals surface area (Å²) in [5.41, 5.74) is 6.06. The van der Waals surface area contributed by atoms with E-state index in [0.717, 1.165) is 25.8 Å². The van der Waals surface area contributed by atoms with E-state index in [-0.39, 0.29) is 17.9 Å². The highest BCUT2D eigenvalue weighted by molar-refractivity contribution is 5.79. The molecule has 1 saturated heterocycles. The Morgan fingerprint density at radius 2 is 1.89 bits per heavy atom. The van der Waals surface area contributed by atoms with Crippen LogP contribution in [0.4, 0.5) is 0 Å². The fourth-order valence-electron chi connectivity index (χ4n) is 3.35. The van der Waals surface area contributed by atoms with Gasteiger partial charge in [-0.15, -0.1) is 0 Å². The molecule has 3 atom stereocenters. The third kappa shape index (κ3) is 4.18. The highest BCUT2D eigenvalue weighted by atomic mass is 16.1. The number of nitrogens with zero attached hydrogens (tertiary/aromatic N) is 1. The van der Waals surface area contributed by atoms with E-state index in [0.29, 0.717) is 6.04 Å². The Hall–Kier alpha value is -0.610. The first-order valence-electron chi connectivity index (χ1n) is 7.96. The minimum absolute atomic E-state index is 0.0438. The van der Waals surface area contributed by atoms with Crippen LogP contribution in [-0.4, -0.2) is 42.5 Å². The van der Waals surface area contributed by atoms with Gasteiger partial charge in [0.1, 0.15) is 0 Å². The van der Waals surface area contributed by atoms with Crippen molar-refractivity contribution in [2.45, 2.75) is 64.0 Å². The SMILES string of the molecule is CC(CNC(=O)C1CCCCC1N)N1CCCCC1. The van der Waals surface area contributed by atoms with E-state index < -0.39 is 0 Å². The fourth-order valence-corrected chi connectivity index (χ4v) is 3.35. The van der Waals surface area contributed by atoms with Gasteiger partial charge in [0, 0.05) is 18.6 Å². The van der Waals surface area contributed by atoms with Crippen LogP contribution in [0.25, 0.3) is 0 Å². The van der Waals surface area contributed by atoms with Gasteiger partial charge in [-0.1, -0.05) is 19.3 Å². The molecule has 0 spiro atoms. The van der Waals surface area contributed by atoms with Gasteiger partial charge in [-0.25, -0.2) is 0 Å². The van der Waals surface area contributed by atoms with Crippen LogP contribution in [0, 0.1) is 5.92 Å². The number of nitrogens with one attached hydrogen (secondary N) is 1. The Morgan fingerprint density at radius 3 is 2.58 bits per heavy atom. The third-order valence-electron chi connectivity index (χ3n) is 4.74. The maximum Gasteiger partial charge on any atom is 0.224 e. The molecule has 3 unspecified atom stereocenters. The van der Waals surface area contributed by atoms with Crippen molar-refractivity contribution in [2.75, 3.05) is 19.6 Å². The average Bonchev–Trinajstić information content (AvgIpc) is 2.46. The standard InChI is InChI=1S/C15H29N3O/c1-12(18-9-5-2-6-10-18)11-17-15(19)13-7-3-4-8-14(13)16/h12-14H,2-11,16H2,1H3,(H,17,19). The van der Waals surface area contributed by atoms with Crippen LogP contribution in [0.3, 0.4) is 0 Å². The number of likely N-dealkylation sites (tertiary alicyclic amines) is 1. The summed E-state index contributed by atoms with van der Waals surface area (Å²) in [5, 5.41) is 3.12. The first-order chi connectivity index (χ1) is 9.18. The minimum Gasteiger partial charge on any atom is -0.354 e. The Balaban J connectivity index is 1.72. The first-order valence-corrected chi connectivity index (χ1v) is 7.96. The van der Waals surface area contributed by atoms with Gasteiger partial charge in [0.25, 0.3) is 0 Å². The summed E-state index contributed by atoms with van der Waals surface area (Å²) in [5.74, 6) is 0.221. The van der Waals surface area contributed by atoms with Gasteiger partial charge in [-0.05, 0) is 45.7 Å². The molecule has 0 bridgehead atoms. The van der Waals surface area contributed by atoms with Gasteiger partial charge in [-0.2, -0.15) is 0 Å². The summed E-state index contributed by atoms with van der Waals surface area (Å²) in [7, 11) is 0. The van der Waals surface area contributed by atoms with Crippen molar-refractivity contribution < 1.29 is 4.79 Å². The normalized spacial score (nSPS) is 30.8. The summed E-state index contributed by atoms with van der Waals surface area (Å²) in [6.07, 6.45) is 8.23. The lowest BCUT2D eigenvalue weighted by atomic mass is 9.84. The lowest BCUT2D eigenvalue weighted by Gasteiger charge is -2.33. The number of hydrogen-bond acceptors (Lipinski definition) is 3. The van der Waals surface area contributed by atoms with Crippen molar-refractivity contribution >= 4 is 5.91 Å². The molecule has 2 rings (SSSR count). The van der Waals surface area contributed by atoms with Crippen molar-refractivity contribution in [1.29, 1.82) is 0 Å². The zero-order chi connectivity index (χ0) is 13.7. The molecule has 19 heavy (non-hydrogen) atoms. The first kappa shape index (κ1) is 14.8. The molecule has 2 aliphatic rings. The molecule has 0 radical (unpaired) electrons. The number of amides is 1. The van der Waals surface area contributed by atoms with E-state index in [1.165, 1.54) is 38.8 Å². The molecule has 1 aliphatic carbocycles. The predicted molar refractivity (Wildman–Crippen MR) is 77.8 cm³/mol. The van der Waals surface area contributed by atoms with Gasteiger partial charge in [0.05, 0.1) is 5.92 Å². The molecule has 1 amide bonds. The van der Waals surface area contributed by atoms with Crippen LogP contribution < -0.4 is 11.1 Å². The monoisotopic (exact) mass is 267 g/mol. The number of nitrogens with two attached hydrogens (primary N) is 1. The van der Waals surface area contributed by atoms with Gasteiger partial charge < -0.3 is 11.1 Å². The van der Waals surface area contributed by atoms with Crippen LogP contribution in [-0.2, 0) is 4.79 Å². The maximum atomic E-state index is 12.2. The van der Waals surface area contributed by atoms with Crippen LogP contribution in [0.5, 0.6) is 0 Å². The fraction of sp³-hybridized carbons (Fsp3) is 0.933. The quantitative estimate of drug-likeness (QED) is 0.811. The molecule has 110 valence electrons. The van der Waals surface area contributed by atoms with E-state index in [9.17, 15) is 4.79 Å². The van der Waals surface area contributed by atoms with Gasteiger partial charge >= 0.3 is 0 Å². The molecule has 3 N–H and O–H groups in total. The van der Waals surface area contributed by atoms with Crippen LogP contribution >= 0.6 is 0 Å². The van der Waals surface area contributed by atoms with Crippen molar-refractivity contribution in [3.05, 3.63) is 0 Å². The lowest BCUT2D eigenvalue weighted by Crippen LogP contribution is -2.48. The third-order valence-corrected chi connectivity index (χ3v) is 4.74. The van der Waals surface area contributed by atoms with Crippen molar-refractivity contribution in [1.82, 2.24) is 10.2 Å². The van der Waals surface area contributed by atoms with Crippen molar-refractivity contribution in [2.24, 2.45) is 11.7 Å². The highest BCUT2D eigenvalue weighted by Crippen LogP contribution is 2.23. The molecule has 0 aromatic rings. The Bertz CT molecular complexity index is 289. The summed E-state index contributed by atoms with van der Waals surface area (Å²) in [6, 6.07) is 0.517. The smallest absolute Gasteiger partial charge is 0.224 e. The van der Waals surface area contributed by atoms with Gasteiger partial charge in [0.15, 0.2) is 0 Å². The van der Waals surface area contributed by atoms with E-state index in [2.05, 4.69) is 17.1 Å². The summed E-state index contributed by atoms with van der Waals surface area (Å²) in [4.78, 5) is 14.7. The van der Waals surface area contributed by atoms with Crippen LogP contribution in [0.2, 0.25) is 0 Å². The molecule has 2 fully saturated rings. The molecule has 0 aromatic carbocycles. The predicted octanol–water partition coefficient (Wildman–Crippen LogP) is 1.49. The summed E-state index contributed by atoms with van der Waals surface area (Å²) >= 11 is 0. The average molecular weight is 267 g/mol. The molecule has 4 nitrogen and oxygen atoms in total. The minimum atomic E-state index is 0.0438. The molecule has 1 saturated carbocycles. The molecular formula is C15H29N3O. The second kappa shape index (κ2) is 7.25. The van der Waals surface area contributed by atoms with E-state index in [1.807, 2.05) is 0 Å². The molecule has 4 heteroatoms.